The number of carbonyl (C=O) groups excluding carboxylic acids is 1. The second kappa shape index (κ2) is 10.4. The van der Waals surface area contributed by atoms with Crippen LogP contribution in [0.2, 0.25) is 0 Å². The SMILES string of the molecule is CC(C)(C)OC(=O)N[C@@H](Cc1ccccc1)[C@H](O)CNC(C)(C)c1ccc(C#N)cc1. The third kappa shape index (κ3) is 8.05. The summed E-state index contributed by atoms with van der Waals surface area (Å²) in [5.41, 5.74) is 1.55. The third-order valence-electron chi connectivity index (χ3n) is 4.95. The van der Waals surface area contributed by atoms with Crippen molar-refractivity contribution in [3.05, 3.63) is 71.3 Å². The van der Waals surface area contributed by atoms with Crippen LogP contribution in [0.5, 0.6) is 0 Å². The van der Waals surface area contributed by atoms with E-state index < -0.39 is 29.4 Å². The molecule has 0 saturated carbocycles. The Balaban J connectivity index is 2.08. The van der Waals surface area contributed by atoms with Gasteiger partial charge in [-0.3, -0.25) is 0 Å². The number of amides is 1. The monoisotopic (exact) mass is 423 g/mol. The van der Waals surface area contributed by atoms with Gasteiger partial charge in [-0.25, -0.2) is 4.79 Å². The van der Waals surface area contributed by atoms with E-state index in [1.165, 1.54) is 0 Å². The number of ether oxygens (including phenoxy) is 1. The fourth-order valence-corrected chi connectivity index (χ4v) is 3.18. The van der Waals surface area contributed by atoms with Crippen LogP contribution in [0.1, 0.15) is 51.3 Å². The first-order valence-corrected chi connectivity index (χ1v) is 10.5. The number of carbonyl (C=O) groups is 1. The van der Waals surface area contributed by atoms with Crippen LogP contribution in [-0.4, -0.2) is 35.5 Å². The summed E-state index contributed by atoms with van der Waals surface area (Å²) in [6, 6.07) is 18.7. The van der Waals surface area contributed by atoms with E-state index in [2.05, 4.69) is 16.7 Å². The van der Waals surface area contributed by atoms with Crippen LogP contribution in [0.15, 0.2) is 54.6 Å². The molecule has 0 heterocycles. The molecular formula is C25H33N3O3. The topological polar surface area (TPSA) is 94.4 Å². The molecule has 0 aliphatic rings. The molecule has 0 aliphatic carbocycles. The Kier molecular flexibility index (Phi) is 8.21. The first-order chi connectivity index (χ1) is 14.5. The Bertz CT molecular complexity index is 881. The van der Waals surface area contributed by atoms with E-state index in [1.807, 2.05) is 56.3 Å². The van der Waals surface area contributed by atoms with Crippen molar-refractivity contribution >= 4 is 6.09 Å². The number of hydrogen-bond acceptors (Lipinski definition) is 5. The number of aliphatic hydroxyl groups is 1. The van der Waals surface area contributed by atoms with E-state index in [-0.39, 0.29) is 6.54 Å². The quantitative estimate of drug-likeness (QED) is 0.599. The zero-order valence-corrected chi connectivity index (χ0v) is 19.0. The number of hydrogen-bond donors (Lipinski definition) is 3. The average molecular weight is 424 g/mol. The van der Waals surface area contributed by atoms with Gasteiger partial charge in [0.1, 0.15) is 5.60 Å². The molecule has 0 spiro atoms. The van der Waals surface area contributed by atoms with Gasteiger partial charge in [0.25, 0.3) is 0 Å². The highest BCUT2D eigenvalue weighted by Crippen LogP contribution is 2.21. The van der Waals surface area contributed by atoms with Crippen molar-refractivity contribution in [1.29, 1.82) is 5.26 Å². The van der Waals surface area contributed by atoms with E-state index in [0.717, 1.165) is 11.1 Å². The summed E-state index contributed by atoms with van der Waals surface area (Å²) in [6.45, 7) is 9.69. The fraction of sp³-hybridized carbons (Fsp3) is 0.440. The molecule has 0 aromatic heterocycles. The average Bonchev–Trinajstić information content (AvgIpc) is 2.71. The number of nitrogens with zero attached hydrogens (tertiary/aromatic N) is 1. The fourth-order valence-electron chi connectivity index (χ4n) is 3.18. The molecule has 0 bridgehead atoms. The lowest BCUT2D eigenvalue weighted by Crippen LogP contribution is -2.52. The maximum Gasteiger partial charge on any atom is 0.407 e. The van der Waals surface area contributed by atoms with Gasteiger partial charge in [0.05, 0.1) is 23.8 Å². The molecule has 2 rings (SSSR count). The molecule has 0 aliphatic heterocycles. The van der Waals surface area contributed by atoms with Crippen molar-refractivity contribution in [3.63, 3.8) is 0 Å². The highest BCUT2D eigenvalue weighted by atomic mass is 16.6. The van der Waals surface area contributed by atoms with E-state index >= 15 is 0 Å². The van der Waals surface area contributed by atoms with Gasteiger partial charge in [0.15, 0.2) is 0 Å². The Morgan fingerprint density at radius 1 is 1.06 bits per heavy atom. The maximum atomic E-state index is 12.4. The Morgan fingerprint density at radius 2 is 1.68 bits per heavy atom. The molecule has 166 valence electrons. The van der Waals surface area contributed by atoms with Crippen LogP contribution in [0.3, 0.4) is 0 Å². The zero-order chi connectivity index (χ0) is 23.1. The Morgan fingerprint density at radius 3 is 2.23 bits per heavy atom. The summed E-state index contributed by atoms with van der Waals surface area (Å²) >= 11 is 0. The summed E-state index contributed by atoms with van der Waals surface area (Å²) in [7, 11) is 0. The van der Waals surface area contributed by atoms with Gasteiger partial charge in [-0.05, 0) is 64.3 Å². The first kappa shape index (κ1) is 24.4. The predicted molar refractivity (Wildman–Crippen MR) is 121 cm³/mol. The standard InChI is InChI=1S/C25H33N3O3/c1-24(2,3)31-23(30)28-21(15-18-9-7-6-8-10-18)22(29)17-27-25(4,5)20-13-11-19(16-26)12-14-20/h6-14,21-22,27,29H,15,17H2,1-5H3,(H,28,30)/t21-,22+/m0/s1. The molecule has 1 amide bonds. The summed E-state index contributed by atoms with van der Waals surface area (Å²) in [5, 5.41) is 26.1. The Hall–Kier alpha value is -2.88. The summed E-state index contributed by atoms with van der Waals surface area (Å²) < 4.78 is 5.38. The van der Waals surface area contributed by atoms with E-state index in [1.54, 1.807) is 32.9 Å². The number of alkyl carbamates (subject to hydrolysis) is 1. The van der Waals surface area contributed by atoms with Gasteiger partial charge in [-0.15, -0.1) is 0 Å². The third-order valence-corrected chi connectivity index (χ3v) is 4.95. The normalized spacial score (nSPS) is 13.7. The Labute approximate surface area is 185 Å². The van der Waals surface area contributed by atoms with Gasteiger partial charge in [-0.2, -0.15) is 5.26 Å². The smallest absolute Gasteiger partial charge is 0.407 e. The molecule has 0 saturated heterocycles. The van der Waals surface area contributed by atoms with Gasteiger partial charge >= 0.3 is 6.09 Å². The van der Waals surface area contributed by atoms with Crippen LogP contribution in [-0.2, 0) is 16.7 Å². The zero-order valence-electron chi connectivity index (χ0n) is 19.0. The summed E-state index contributed by atoms with van der Waals surface area (Å²) in [4.78, 5) is 12.4. The predicted octanol–water partition coefficient (Wildman–Crippen LogP) is 3.88. The highest BCUT2D eigenvalue weighted by Gasteiger charge is 2.27. The van der Waals surface area contributed by atoms with E-state index in [4.69, 9.17) is 10.00 Å². The highest BCUT2D eigenvalue weighted by molar-refractivity contribution is 5.68. The minimum atomic E-state index is -0.842. The molecular weight excluding hydrogens is 390 g/mol. The number of benzene rings is 2. The van der Waals surface area contributed by atoms with Crippen molar-refractivity contribution in [2.45, 2.75) is 64.3 Å². The number of rotatable bonds is 8. The van der Waals surface area contributed by atoms with Crippen LogP contribution in [0.4, 0.5) is 4.79 Å². The van der Waals surface area contributed by atoms with Crippen LogP contribution in [0.25, 0.3) is 0 Å². The van der Waals surface area contributed by atoms with E-state index in [0.29, 0.717) is 12.0 Å². The second-order valence-electron chi connectivity index (χ2n) is 9.20. The van der Waals surface area contributed by atoms with E-state index in [9.17, 15) is 9.90 Å². The van der Waals surface area contributed by atoms with Crippen molar-refractivity contribution in [3.8, 4) is 6.07 Å². The minimum absolute atomic E-state index is 0.264. The largest absolute Gasteiger partial charge is 0.444 e. The molecule has 3 N–H and O–H groups in total. The van der Waals surface area contributed by atoms with Crippen molar-refractivity contribution < 1.29 is 14.6 Å². The number of nitrogens with one attached hydrogen (secondary N) is 2. The van der Waals surface area contributed by atoms with Gasteiger partial charge < -0.3 is 20.5 Å². The van der Waals surface area contributed by atoms with Gasteiger partial charge in [0, 0.05) is 12.1 Å². The lowest BCUT2D eigenvalue weighted by atomic mass is 9.92. The van der Waals surface area contributed by atoms with Gasteiger partial charge in [-0.1, -0.05) is 42.5 Å². The lowest BCUT2D eigenvalue weighted by molar-refractivity contribution is 0.0415. The van der Waals surface area contributed by atoms with Gasteiger partial charge in [0.2, 0.25) is 0 Å². The molecule has 0 radical (unpaired) electrons. The molecule has 2 atom stereocenters. The molecule has 0 unspecified atom stereocenters. The summed E-state index contributed by atoms with van der Waals surface area (Å²) in [6.07, 6.45) is -0.926. The van der Waals surface area contributed by atoms with Crippen molar-refractivity contribution in [2.24, 2.45) is 0 Å². The molecule has 6 nitrogen and oxygen atoms in total. The summed E-state index contributed by atoms with van der Waals surface area (Å²) in [5.74, 6) is 0. The number of nitriles is 1. The van der Waals surface area contributed by atoms with Crippen LogP contribution >= 0.6 is 0 Å². The second-order valence-corrected chi connectivity index (χ2v) is 9.20. The first-order valence-electron chi connectivity index (χ1n) is 10.5. The minimum Gasteiger partial charge on any atom is -0.444 e. The molecule has 31 heavy (non-hydrogen) atoms. The van der Waals surface area contributed by atoms with Crippen LogP contribution < -0.4 is 10.6 Å². The molecule has 2 aromatic rings. The van der Waals surface area contributed by atoms with Crippen molar-refractivity contribution in [1.82, 2.24) is 10.6 Å². The lowest BCUT2D eigenvalue weighted by Gasteiger charge is -2.31. The molecule has 2 aromatic carbocycles. The maximum absolute atomic E-state index is 12.4. The van der Waals surface area contributed by atoms with Crippen molar-refractivity contribution in [2.75, 3.05) is 6.54 Å². The molecule has 6 heteroatoms. The number of aliphatic hydroxyl groups excluding tert-OH is 1. The van der Waals surface area contributed by atoms with Crippen LogP contribution in [0, 0.1) is 11.3 Å². The molecule has 0 fully saturated rings.